The van der Waals surface area contributed by atoms with Gasteiger partial charge in [0.15, 0.2) is 0 Å². The topological polar surface area (TPSA) is 85.6 Å². The van der Waals surface area contributed by atoms with Gasteiger partial charge in [-0.3, -0.25) is 9.36 Å². The van der Waals surface area contributed by atoms with Crippen LogP contribution in [-0.4, -0.2) is 30.6 Å². The van der Waals surface area contributed by atoms with Crippen LogP contribution in [0.3, 0.4) is 0 Å². The van der Waals surface area contributed by atoms with Crippen LogP contribution in [0, 0.1) is 6.92 Å². The molecule has 110 valence electrons. The smallest absolute Gasteiger partial charge is 0.276 e. The Labute approximate surface area is 134 Å². The molecule has 3 heterocycles. The lowest BCUT2D eigenvalue weighted by molar-refractivity contribution is 0.102. The lowest BCUT2D eigenvalue weighted by Gasteiger charge is -2.08. The molecule has 3 aromatic rings. The van der Waals surface area contributed by atoms with Crippen LogP contribution in [0.1, 0.15) is 16.1 Å². The highest BCUT2D eigenvalue weighted by molar-refractivity contribution is 9.10. The van der Waals surface area contributed by atoms with Gasteiger partial charge in [-0.05, 0) is 52.7 Å². The third-order valence-electron chi connectivity index (χ3n) is 2.89. The highest BCUT2D eigenvalue weighted by atomic mass is 79.9. The summed E-state index contributed by atoms with van der Waals surface area (Å²) in [5.41, 5.74) is 1.27. The molecular weight excluding hydrogens is 348 g/mol. The molecule has 0 aromatic carbocycles. The molecule has 0 aliphatic rings. The Morgan fingerprint density at radius 1 is 1.23 bits per heavy atom. The number of rotatable bonds is 3. The Hall–Kier alpha value is -2.61. The minimum absolute atomic E-state index is 0.259. The minimum atomic E-state index is -0.347. The summed E-state index contributed by atoms with van der Waals surface area (Å²) in [6, 6.07) is 7.15. The fourth-order valence-electron chi connectivity index (χ4n) is 1.83. The second kappa shape index (κ2) is 6.02. The first kappa shape index (κ1) is 14.3. The number of halogens is 1. The van der Waals surface area contributed by atoms with E-state index in [-0.39, 0.29) is 11.6 Å². The third kappa shape index (κ3) is 3.01. The van der Waals surface area contributed by atoms with Crippen molar-refractivity contribution in [2.24, 2.45) is 0 Å². The quantitative estimate of drug-likeness (QED) is 0.776. The number of hydrogen-bond donors (Lipinski definition) is 1. The molecule has 1 N–H and O–H groups in total. The number of carbonyl (C=O) groups excluding carboxylic acids is 1. The van der Waals surface area contributed by atoms with Crippen molar-refractivity contribution in [3.8, 4) is 5.82 Å². The number of anilines is 1. The van der Waals surface area contributed by atoms with Gasteiger partial charge in [-0.1, -0.05) is 0 Å². The minimum Gasteiger partial charge on any atom is -0.305 e. The van der Waals surface area contributed by atoms with E-state index in [0.717, 1.165) is 5.56 Å². The molecule has 3 aromatic heterocycles. The molecule has 0 saturated heterocycles. The van der Waals surface area contributed by atoms with E-state index in [2.05, 4.69) is 41.4 Å². The van der Waals surface area contributed by atoms with Gasteiger partial charge in [0.25, 0.3) is 5.91 Å². The summed E-state index contributed by atoms with van der Waals surface area (Å²) < 4.78 is 2.21. The van der Waals surface area contributed by atoms with E-state index in [0.29, 0.717) is 16.1 Å². The molecule has 8 heteroatoms. The Morgan fingerprint density at radius 2 is 2.00 bits per heavy atom. The van der Waals surface area contributed by atoms with Gasteiger partial charge in [-0.2, -0.15) is 0 Å². The SMILES string of the molecule is Cc1ccnc(NC(=O)c2nc(-n3cnnc3)ccc2Br)c1. The number of hydrogen-bond acceptors (Lipinski definition) is 5. The molecule has 0 fully saturated rings. The maximum Gasteiger partial charge on any atom is 0.276 e. The zero-order valence-electron chi connectivity index (χ0n) is 11.6. The van der Waals surface area contributed by atoms with Gasteiger partial charge in [0, 0.05) is 10.7 Å². The maximum absolute atomic E-state index is 12.4. The van der Waals surface area contributed by atoms with Crippen molar-refractivity contribution in [2.75, 3.05) is 5.32 Å². The third-order valence-corrected chi connectivity index (χ3v) is 3.53. The van der Waals surface area contributed by atoms with Gasteiger partial charge in [0.1, 0.15) is 30.0 Å². The normalized spacial score (nSPS) is 10.5. The fraction of sp³-hybridized carbons (Fsp3) is 0.0714. The molecule has 0 bridgehead atoms. The van der Waals surface area contributed by atoms with Crippen molar-refractivity contribution in [3.63, 3.8) is 0 Å². The Balaban J connectivity index is 1.90. The van der Waals surface area contributed by atoms with Crippen molar-refractivity contribution in [2.45, 2.75) is 6.92 Å². The van der Waals surface area contributed by atoms with Crippen molar-refractivity contribution in [3.05, 3.63) is 58.8 Å². The Morgan fingerprint density at radius 3 is 2.73 bits per heavy atom. The molecule has 0 unspecified atom stereocenters. The standard InChI is InChI=1S/C14H11BrN6O/c1-9-4-5-16-11(6-9)19-14(22)13-10(15)2-3-12(20-13)21-7-17-18-8-21/h2-8H,1H3,(H,16,19,22). The van der Waals surface area contributed by atoms with E-state index < -0.39 is 0 Å². The van der Waals surface area contributed by atoms with Gasteiger partial charge in [0.05, 0.1) is 0 Å². The van der Waals surface area contributed by atoms with Crippen LogP contribution in [-0.2, 0) is 0 Å². The fourth-order valence-corrected chi connectivity index (χ4v) is 2.23. The number of aromatic nitrogens is 5. The summed E-state index contributed by atoms with van der Waals surface area (Å²) in [5.74, 6) is 0.684. The highest BCUT2D eigenvalue weighted by Gasteiger charge is 2.14. The molecule has 22 heavy (non-hydrogen) atoms. The summed E-state index contributed by atoms with van der Waals surface area (Å²) in [5, 5.41) is 10.2. The Bertz CT molecular complexity index is 818. The second-order valence-corrected chi connectivity index (χ2v) is 5.40. The average molecular weight is 359 g/mol. The van der Waals surface area contributed by atoms with Crippen molar-refractivity contribution >= 4 is 27.7 Å². The Kier molecular flexibility index (Phi) is 3.92. The number of nitrogens with one attached hydrogen (secondary N) is 1. The van der Waals surface area contributed by atoms with E-state index >= 15 is 0 Å². The summed E-state index contributed by atoms with van der Waals surface area (Å²) in [7, 11) is 0. The predicted octanol–water partition coefficient (Wildman–Crippen LogP) is 2.38. The van der Waals surface area contributed by atoms with E-state index in [1.807, 2.05) is 13.0 Å². The first-order chi connectivity index (χ1) is 10.6. The van der Waals surface area contributed by atoms with Gasteiger partial charge in [-0.25, -0.2) is 9.97 Å². The molecule has 7 nitrogen and oxygen atoms in total. The van der Waals surface area contributed by atoms with Crippen LogP contribution in [0.2, 0.25) is 0 Å². The monoisotopic (exact) mass is 358 g/mol. The molecule has 0 aliphatic heterocycles. The molecule has 0 atom stereocenters. The molecule has 1 amide bonds. The number of nitrogens with zero attached hydrogens (tertiary/aromatic N) is 5. The lowest BCUT2D eigenvalue weighted by Crippen LogP contribution is -2.16. The molecule has 0 saturated carbocycles. The van der Waals surface area contributed by atoms with Crippen molar-refractivity contribution in [1.29, 1.82) is 0 Å². The lowest BCUT2D eigenvalue weighted by atomic mass is 10.3. The van der Waals surface area contributed by atoms with Crippen LogP contribution in [0.4, 0.5) is 5.82 Å². The van der Waals surface area contributed by atoms with Crippen LogP contribution in [0.25, 0.3) is 5.82 Å². The summed E-state index contributed by atoms with van der Waals surface area (Å²) in [6.45, 7) is 1.93. The molecule has 3 rings (SSSR count). The van der Waals surface area contributed by atoms with Gasteiger partial charge in [0.2, 0.25) is 0 Å². The molecule has 0 radical (unpaired) electrons. The molecular formula is C14H11BrN6O. The first-order valence-corrected chi connectivity index (χ1v) is 7.18. The van der Waals surface area contributed by atoms with Crippen LogP contribution in [0.15, 0.2) is 47.6 Å². The van der Waals surface area contributed by atoms with Gasteiger partial charge < -0.3 is 5.32 Å². The zero-order valence-corrected chi connectivity index (χ0v) is 13.1. The van der Waals surface area contributed by atoms with Crippen LogP contribution in [0.5, 0.6) is 0 Å². The highest BCUT2D eigenvalue weighted by Crippen LogP contribution is 2.18. The van der Waals surface area contributed by atoms with E-state index in [1.165, 1.54) is 12.7 Å². The van der Waals surface area contributed by atoms with E-state index in [1.54, 1.807) is 29.0 Å². The number of carbonyl (C=O) groups is 1. The van der Waals surface area contributed by atoms with Crippen molar-refractivity contribution < 1.29 is 4.79 Å². The zero-order chi connectivity index (χ0) is 15.5. The van der Waals surface area contributed by atoms with Crippen LogP contribution < -0.4 is 5.32 Å². The molecule has 0 spiro atoms. The second-order valence-electron chi connectivity index (χ2n) is 4.54. The summed E-state index contributed by atoms with van der Waals surface area (Å²) >= 11 is 3.34. The van der Waals surface area contributed by atoms with Crippen LogP contribution >= 0.6 is 15.9 Å². The summed E-state index contributed by atoms with van der Waals surface area (Å²) in [6.07, 6.45) is 4.67. The van der Waals surface area contributed by atoms with Crippen molar-refractivity contribution in [1.82, 2.24) is 24.7 Å². The number of amides is 1. The number of aryl methyl sites for hydroxylation is 1. The van der Waals surface area contributed by atoms with E-state index in [9.17, 15) is 4.79 Å². The predicted molar refractivity (Wildman–Crippen MR) is 83.8 cm³/mol. The number of pyridine rings is 2. The molecule has 0 aliphatic carbocycles. The van der Waals surface area contributed by atoms with E-state index in [4.69, 9.17) is 0 Å². The first-order valence-electron chi connectivity index (χ1n) is 6.39. The maximum atomic E-state index is 12.4. The largest absolute Gasteiger partial charge is 0.305 e. The van der Waals surface area contributed by atoms with Gasteiger partial charge in [-0.15, -0.1) is 10.2 Å². The van der Waals surface area contributed by atoms with Gasteiger partial charge >= 0.3 is 0 Å². The average Bonchev–Trinajstić information content (AvgIpc) is 3.02. The summed E-state index contributed by atoms with van der Waals surface area (Å²) in [4.78, 5) is 20.8.